The summed E-state index contributed by atoms with van der Waals surface area (Å²) in [6, 6.07) is 4.27. The lowest BCUT2D eigenvalue weighted by molar-refractivity contribution is -0.384. The second-order valence-corrected chi connectivity index (χ2v) is 5.81. The molecule has 2 aromatic rings. The van der Waals surface area contributed by atoms with Crippen LogP contribution in [0.4, 0.5) is 5.69 Å². The van der Waals surface area contributed by atoms with Crippen LogP contribution in [0.25, 0.3) is 11.4 Å². The zero-order valence-corrected chi connectivity index (χ0v) is 12.2. The number of aryl methyl sites for hydroxylation is 1. The Bertz CT molecular complexity index is 812. The Balaban J connectivity index is 2.71. The van der Waals surface area contributed by atoms with Gasteiger partial charge < -0.3 is 0 Å². The summed E-state index contributed by atoms with van der Waals surface area (Å²) in [6.07, 6.45) is 0. The molecular weight excluding hydrogens is 298 g/mol. The van der Waals surface area contributed by atoms with Gasteiger partial charge in [0.15, 0.2) is 5.82 Å². The second-order valence-electron chi connectivity index (χ2n) is 4.35. The smallest absolute Gasteiger partial charge is 0.273 e. The van der Waals surface area contributed by atoms with E-state index in [4.69, 9.17) is 5.14 Å². The molecule has 0 amide bonds. The van der Waals surface area contributed by atoms with E-state index in [0.29, 0.717) is 11.1 Å². The largest absolute Gasteiger partial charge is 0.297 e. The van der Waals surface area contributed by atoms with Crippen LogP contribution in [-0.2, 0) is 16.6 Å². The summed E-state index contributed by atoms with van der Waals surface area (Å²) in [5.74, 6) is 0.225. The zero-order valence-electron chi connectivity index (χ0n) is 11.3. The van der Waals surface area contributed by atoms with Crippen molar-refractivity contribution in [1.29, 1.82) is 0 Å². The predicted molar refractivity (Wildman–Crippen MR) is 73.9 cm³/mol. The molecule has 0 radical (unpaired) electrons. The first-order valence-electron chi connectivity index (χ1n) is 5.97. The van der Waals surface area contributed by atoms with E-state index in [-0.39, 0.29) is 23.2 Å². The van der Waals surface area contributed by atoms with E-state index in [1.807, 2.05) is 0 Å². The standard InChI is InChI=1S/C11H13N5O4S/c1-3-15-10(13-14-11(15)21(12,19)20)9-6-8(16(17)18)5-4-7(9)2/h4-6H,3H2,1-2H3,(H2,12,19,20). The van der Waals surface area contributed by atoms with Crippen LogP contribution >= 0.6 is 0 Å². The third-order valence-electron chi connectivity index (χ3n) is 2.96. The van der Waals surface area contributed by atoms with Gasteiger partial charge in [-0.25, -0.2) is 13.6 Å². The Morgan fingerprint density at radius 3 is 2.57 bits per heavy atom. The van der Waals surface area contributed by atoms with E-state index in [0.717, 1.165) is 0 Å². The fourth-order valence-corrected chi connectivity index (χ4v) is 2.63. The van der Waals surface area contributed by atoms with Crippen LogP contribution in [0.5, 0.6) is 0 Å². The molecule has 2 rings (SSSR count). The highest BCUT2D eigenvalue weighted by Crippen LogP contribution is 2.27. The van der Waals surface area contributed by atoms with Crippen molar-refractivity contribution < 1.29 is 13.3 Å². The Hall–Kier alpha value is -2.33. The molecule has 0 fully saturated rings. The number of benzene rings is 1. The van der Waals surface area contributed by atoms with E-state index in [2.05, 4.69) is 10.2 Å². The number of nitro benzene ring substituents is 1. The van der Waals surface area contributed by atoms with Gasteiger partial charge in [-0.05, 0) is 19.4 Å². The van der Waals surface area contributed by atoms with Crippen molar-refractivity contribution in [2.75, 3.05) is 0 Å². The Kier molecular flexibility index (Phi) is 3.75. The number of rotatable bonds is 4. The van der Waals surface area contributed by atoms with Crippen LogP contribution in [0.2, 0.25) is 0 Å². The van der Waals surface area contributed by atoms with Gasteiger partial charge in [0.2, 0.25) is 0 Å². The monoisotopic (exact) mass is 311 g/mol. The zero-order chi connectivity index (χ0) is 15.8. The maximum atomic E-state index is 11.5. The van der Waals surface area contributed by atoms with Crippen molar-refractivity contribution in [3.05, 3.63) is 33.9 Å². The number of nitrogens with zero attached hydrogens (tertiary/aromatic N) is 4. The molecular formula is C11H13N5O4S. The van der Waals surface area contributed by atoms with Crippen molar-refractivity contribution in [2.45, 2.75) is 25.5 Å². The SMILES string of the molecule is CCn1c(-c2cc([N+](=O)[O-])ccc2C)nnc1S(N)(=O)=O. The van der Waals surface area contributed by atoms with E-state index in [1.165, 1.54) is 16.7 Å². The molecule has 0 aliphatic carbocycles. The van der Waals surface area contributed by atoms with Crippen molar-refractivity contribution in [3.63, 3.8) is 0 Å². The molecule has 0 bridgehead atoms. The fraction of sp³-hybridized carbons (Fsp3) is 0.273. The summed E-state index contributed by atoms with van der Waals surface area (Å²) in [6.45, 7) is 3.70. The Morgan fingerprint density at radius 1 is 1.38 bits per heavy atom. The summed E-state index contributed by atoms with van der Waals surface area (Å²) < 4.78 is 24.2. The molecule has 10 heteroatoms. The molecule has 0 saturated heterocycles. The molecule has 21 heavy (non-hydrogen) atoms. The van der Waals surface area contributed by atoms with Gasteiger partial charge in [0.1, 0.15) is 0 Å². The van der Waals surface area contributed by atoms with Crippen molar-refractivity contribution >= 4 is 15.7 Å². The van der Waals surface area contributed by atoms with E-state index >= 15 is 0 Å². The maximum Gasteiger partial charge on any atom is 0.273 e. The number of nitrogens with two attached hydrogens (primary N) is 1. The lowest BCUT2D eigenvalue weighted by atomic mass is 10.1. The molecule has 0 spiro atoms. The van der Waals surface area contributed by atoms with Gasteiger partial charge in [-0.1, -0.05) is 6.07 Å². The molecule has 0 unspecified atom stereocenters. The molecule has 1 aromatic heterocycles. The van der Waals surface area contributed by atoms with Crippen LogP contribution < -0.4 is 5.14 Å². The first-order chi connectivity index (χ1) is 9.75. The minimum absolute atomic E-state index is 0.113. The number of sulfonamides is 1. The third kappa shape index (κ3) is 2.76. The number of non-ortho nitro benzene ring substituents is 1. The maximum absolute atomic E-state index is 11.5. The van der Waals surface area contributed by atoms with Gasteiger partial charge >= 0.3 is 0 Å². The molecule has 0 aliphatic rings. The minimum atomic E-state index is -4.02. The molecule has 0 saturated carbocycles. The van der Waals surface area contributed by atoms with Gasteiger partial charge in [0.25, 0.3) is 20.9 Å². The van der Waals surface area contributed by atoms with Gasteiger partial charge in [-0.15, -0.1) is 10.2 Å². The van der Waals surface area contributed by atoms with Crippen LogP contribution in [0.3, 0.4) is 0 Å². The average Bonchev–Trinajstić information content (AvgIpc) is 2.82. The molecule has 0 atom stereocenters. The number of hydrogen-bond donors (Lipinski definition) is 1. The molecule has 1 heterocycles. The summed E-state index contributed by atoms with van der Waals surface area (Å²) >= 11 is 0. The summed E-state index contributed by atoms with van der Waals surface area (Å²) in [4.78, 5) is 10.3. The number of primary sulfonamides is 1. The normalized spacial score (nSPS) is 11.6. The highest BCUT2D eigenvalue weighted by molar-refractivity contribution is 7.89. The van der Waals surface area contributed by atoms with Crippen molar-refractivity contribution in [1.82, 2.24) is 14.8 Å². The minimum Gasteiger partial charge on any atom is -0.297 e. The summed E-state index contributed by atoms with van der Waals surface area (Å²) in [7, 11) is -4.02. The first kappa shape index (κ1) is 15.1. The second kappa shape index (κ2) is 5.22. The summed E-state index contributed by atoms with van der Waals surface area (Å²) in [5, 5.41) is 23.0. The quantitative estimate of drug-likeness (QED) is 0.656. The van der Waals surface area contributed by atoms with Crippen LogP contribution in [-0.4, -0.2) is 28.1 Å². The van der Waals surface area contributed by atoms with Gasteiger partial charge in [0, 0.05) is 24.2 Å². The molecule has 9 nitrogen and oxygen atoms in total. The van der Waals surface area contributed by atoms with Crippen molar-refractivity contribution in [3.8, 4) is 11.4 Å². The molecule has 2 N–H and O–H groups in total. The average molecular weight is 311 g/mol. The van der Waals surface area contributed by atoms with Gasteiger partial charge in [-0.2, -0.15) is 0 Å². The Labute approximate surface area is 120 Å². The topological polar surface area (TPSA) is 134 Å². The number of hydrogen-bond acceptors (Lipinski definition) is 6. The molecule has 112 valence electrons. The molecule has 1 aromatic carbocycles. The summed E-state index contributed by atoms with van der Waals surface area (Å²) in [5.41, 5.74) is 1.04. The highest BCUT2D eigenvalue weighted by atomic mass is 32.2. The lowest BCUT2D eigenvalue weighted by Crippen LogP contribution is -2.18. The third-order valence-corrected chi connectivity index (χ3v) is 3.77. The molecule has 0 aliphatic heterocycles. The number of aromatic nitrogens is 3. The van der Waals surface area contributed by atoms with E-state index < -0.39 is 14.9 Å². The van der Waals surface area contributed by atoms with Crippen molar-refractivity contribution in [2.24, 2.45) is 5.14 Å². The number of nitro groups is 1. The fourth-order valence-electron chi connectivity index (χ4n) is 1.95. The van der Waals surface area contributed by atoms with Crippen LogP contribution in [0.15, 0.2) is 23.4 Å². The lowest BCUT2D eigenvalue weighted by Gasteiger charge is -2.08. The van der Waals surface area contributed by atoms with Gasteiger partial charge in [0.05, 0.1) is 4.92 Å². The van der Waals surface area contributed by atoms with Crippen LogP contribution in [0.1, 0.15) is 12.5 Å². The first-order valence-corrected chi connectivity index (χ1v) is 7.51. The van der Waals surface area contributed by atoms with E-state index in [9.17, 15) is 18.5 Å². The Morgan fingerprint density at radius 2 is 2.05 bits per heavy atom. The van der Waals surface area contributed by atoms with Crippen LogP contribution in [0, 0.1) is 17.0 Å². The van der Waals surface area contributed by atoms with E-state index in [1.54, 1.807) is 19.9 Å². The van der Waals surface area contributed by atoms with Gasteiger partial charge in [-0.3, -0.25) is 14.7 Å². The highest BCUT2D eigenvalue weighted by Gasteiger charge is 2.23. The predicted octanol–water partition coefficient (Wildman–Crippen LogP) is 0.829.